The van der Waals surface area contributed by atoms with Gasteiger partial charge in [-0.15, -0.1) is 0 Å². The summed E-state index contributed by atoms with van der Waals surface area (Å²) >= 11 is 0. The molecular weight excluding hydrogens is 464 g/mol. The summed E-state index contributed by atoms with van der Waals surface area (Å²) in [5.41, 5.74) is 2.77. The van der Waals surface area contributed by atoms with E-state index in [4.69, 9.17) is 9.47 Å². The second-order valence-electron chi connectivity index (χ2n) is 9.20. The van der Waals surface area contributed by atoms with E-state index in [0.717, 1.165) is 16.7 Å². The lowest BCUT2D eigenvalue weighted by Crippen LogP contribution is -2.56. The first-order chi connectivity index (χ1) is 18.0. The van der Waals surface area contributed by atoms with E-state index in [9.17, 15) is 9.59 Å². The molecule has 6 nitrogen and oxygen atoms in total. The van der Waals surface area contributed by atoms with E-state index < -0.39 is 5.41 Å². The van der Waals surface area contributed by atoms with E-state index in [1.807, 2.05) is 84.9 Å². The van der Waals surface area contributed by atoms with Gasteiger partial charge in [-0.2, -0.15) is 0 Å². The number of rotatable bonds is 8. The molecule has 37 heavy (non-hydrogen) atoms. The Labute approximate surface area is 216 Å². The highest BCUT2D eigenvalue weighted by molar-refractivity contribution is 6.13. The van der Waals surface area contributed by atoms with E-state index in [1.165, 1.54) is 4.90 Å². The number of amides is 2. The molecule has 0 N–H and O–H groups in total. The number of pyridine rings is 1. The Balaban J connectivity index is 1.69. The summed E-state index contributed by atoms with van der Waals surface area (Å²) in [7, 11) is 3.25. The van der Waals surface area contributed by atoms with E-state index >= 15 is 0 Å². The summed E-state index contributed by atoms with van der Waals surface area (Å²) in [6.07, 6.45) is 2.45. The number of carbonyl (C=O) groups is 2. The number of imide groups is 1. The Morgan fingerprint density at radius 1 is 0.757 bits per heavy atom. The number of methoxy groups -OCH3 is 2. The van der Waals surface area contributed by atoms with Crippen molar-refractivity contribution in [3.05, 3.63) is 125 Å². The van der Waals surface area contributed by atoms with Gasteiger partial charge in [0.15, 0.2) is 0 Å². The van der Waals surface area contributed by atoms with Crippen molar-refractivity contribution in [1.82, 2.24) is 9.88 Å². The largest absolute Gasteiger partial charge is 0.497 e. The van der Waals surface area contributed by atoms with Crippen molar-refractivity contribution < 1.29 is 19.1 Å². The predicted octanol–water partition coefficient (Wildman–Crippen LogP) is 5.00. The number of aromatic nitrogens is 1. The molecule has 1 aromatic heterocycles. The van der Waals surface area contributed by atoms with Crippen molar-refractivity contribution in [2.24, 2.45) is 0 Å². The fraction of sp³-hybridized carbons (Fsp3) is 0.194. The lowest BCUT2D eigenvalue weighted by atomic mass is 9.67. The molecule has 5 rings (SSSR count). The number of hydrogen-bond donors (Lipinski definition) is 0. The number of hydrogen-bond acceptors (Lipinski definition) is 5. The number of benzene rings is 3. The number of fused-ring (bicyclic) bond motifs is 1. The van der Waals surface area contributed by atoms with Crippen LogP contribution in [0.15, 0.2) is 97.2 Å². The lowest BCUT2D eigenvalue weighted by Gasteiger charge is -2.42. The maximum Gasteiger partial charge on any atom is 0.261 e. The van der Waals surface area contributed by atoms with Crippen molar-refractivity contribution in [3.63, 3.8) is 0 Å². The molecule has 0 radical (unpaired) electrons. The summed E-state index contributed by atoms with van der Waals surface area (Å²) in [5.74, 6) is 0.879. The molecule has 0 saturated heterocycles. The zero-order valence-corrected chi connectivity index (χ0v) is 20.9. The quantitative estimate of drug-likeness (QED) is 0.324. The van der Waals surface area contributed by atoms with Gasteiger partial charge in [0.1, 0.15) is 11.5 Å². The molecule has 1 aliphatic rings. The van der Waals surface area contributed by atoms with Crippen molar-refractivity contribution in [2.45, 2.75) is 24.8 Å². The van der Waals surface area contributed by atoms with E-state index in [1.54, 1.807) is 26.5 Å². The van der Waals surface area contributed by atoms with E-state index in [2.05, 4.69) is 4.98 Å². The van der Waals surface area contributed by atoms with Crippen LogP contribution in [-0.2, 0) is 29.6 Å². The third-order valence-electron chi connectivity index (χ3n) is 6.90. The van der Waals surface area contributed by atoms with Crippen LogP contribution in [0.2, 0.25) is 0 Å². The molecule has 0 atom stereocenters. The minimum absolute atomic E-state index is 0.102. The molecule has 3 aromatic carbocycles. The molecule has 0 aliphatic carbocycles. The molecule has 0 bridgehead atoms. The van der Waals surface area contributed by atoms with Gasteiger partial charge < -0.3 is 9.47 Å². The van der Waals surface area contributed by atoms with Crippen LogP contribution in [0.5, 0.6) is 11.5 Å². The van der Waals surface area contributed by atoms with Gasteiger partial charge in [0.05, 0.1) is 31.9 Å². The highest BCUT2D eigenvalue weighted by Gasteiger charge is 2.50. The van der Waals surface area contributed by atoms with Crippen molar-refractivity contribution in [2.75, 3.05) is 14.2 Å². The maximum absolute atomic E-state index is 14.6. The first-order valence-electron chi connectivity index (χ1n) is 12.2. The standard InChI is InChI=1S/C31H28N2O4/c1-36-25-12-7-9-22(17-25)19-31(20-23-10-8-13-26(18-23)37-2)28-15-4-3-14-27(28)29(34)33(30(31)35)21-24-11-5-6-16-32-24/h3-18H,19-21H2,1-2H3. The van der Waals surface area contributed by atoms with Crippen molar-refractivity contribution in [1.29, 1.82) is 0 Å². The number of ether oxygens (including phenoxy) is 2. The average molecular weight is 493 g/mol. The third-order valence-corrected chi connectivity index (χ3v) is 6.90. The zero-order chi connectivity index (χ0) is 25.8. The fourth-order valence-electron chi connectivity index (χ4n) is 5.16. The Kier molecular flexibility index (Phi) is 6.73. The SMILES string of the molecule is COc1cccc(CC2(Cc3cccc(OC)c3)C(=O)N(Cc3ccccn3)C(=O)c3ccccc32)c1. The molecule has 2 amide bonds. The fourth-order valence-corrected chi connectivity index (χ4v) is 5.16. The maximum atomic E-state index is 14.6. The normalized spacial score (nSPS) is 14.3. The first kappa shape index (κ1) is 24.3. The minimum atomic E-state index is -1.03. The topological polar surface area (TPSA) is 68.7 Å². The van der Waals surface area contributed by atoms with Gasteiger partial charge in [0.25, 0.3) is 5.91 Å². The summed E-state index contributed by atoms with van der Waals surface area (Å²) in [6, 6.07) is 28.4. The first-order valence-corrected chi connectivity index (χ1v) is 12.2. The summed E-state index contributed by atoms with van der Waals surface area (Å²) in [4.78, 5) is 34.0. The highest BCUT2D eigenvalue weighted by Crippen LogP contribution is 2.41. The summed E-state index contributed by atoms with van der Waals surface area (Å²) < 4.78 is 10.9. The molecule has 4 aromatic rings. The van der Waals surface area contributed by atoms with Gasteiger partial charge >= 0.3 is 0 Å². The van der Waals surface area contributed by atoms with Crippen LogP contribution >= 0.6 is 0 Å². The number of carbonyl (C=O) groups excluding carboxylic acids is 2. The zero-order valence-electron chi connectivity index (χ0n) is 20.9. The van der Waals surface area contributed by atoms with Crippen LogP contribution in [0.4, 0.5) is 0 Å². The lowest BCUT2D eigenvalue weighted by molar-refractivity contribution is -0.136. The third kappa shape index (κ3) is 4.70. The monoisotopic (exact) mass is 492 g/mol. The van der Waals surface area contributed by atoms with Crippen LogP contribution in [0, 0.1) is 0 Å². The molecule has 6 heteroatoms. The van der Waals surface area contributed by atoms with Gasteiger partial charge in [-0.3, -0.25) is 19.5 Å². The van der Waals surface area contributed by atoms with Gasteiger partial charge in [-0.1, -0.05) is 48.5 Å². The van der Waals surface area contributed by atoms with Crippen molar-refractivity contribution >= 4 is 11.8 Å². The Bertz CT molecular complexity index is 1380. The number of nitrogens with zero attached hydrogens (tertiary/aromatic N) is 2. The average Bonchev–Trinajstić information content (AvgIpc) is 2.95. The Morgan fingerprint density at radius 2 is 1.38 bits per heavy atom. The molecule has 0 fully saturated rings. The van der Waals surface area contributed by atoms with Crippen molar-refractivity contribution in [3.8, 4) is 11.5 Å². The molecule has 0 unspecified atom stereocenters. The van der Waals surface area contributed by atoms with Crippen LogP contribution in [0.25, 0.3) is 0 Å². The molecule has 1 aliphatic heterocycles. The van der Waals surface area contributed by atoms with Crippen LogP contribution in [0.3, 0.4) is 0 Å². The Hall–Kier alpha value is -4.45. The summed E-state index contributed by atoms with van der Waals surface area (Å²) in [5, 5.41) is 0. The molecule has 0 spiro atoms. The van der Waals surface area contributed by atoms with Gasteiger partial charge in [0, 0.05) is 11.8 Å². The smallest absolute Gasteiger partial charge is 0.261 e. The molecular formula is C31H28N2O4. The minimum Gasteiger partial charge on any atom is -0.497 e. The van der Waals surface area contributed by atoms with Gasteiger partial charge in [-0.25, -0.2) is 0 Å². The molecule has 0 saturated carbocycles. The Morgan fingerprint density at radius 3 is 1.97 bits per heavy atom. The summed E-state index contributed by atoms with van der Waals surface area (Å²) in [6.45, 7) is 0.102. The second-order valence-corrected chi connectivity index (χ2v) is 9.20. The highest BCUT2D eigenvalue weighted by atomic mass is 16.5. The van der Waals surface area contributed by atoms with E-state index in [0.29, 0.717) is 35.6 Å². The molecule has 186 valence electrons. The molecule has 2 heterocycles. The van der Waals surface area contributed by atoms with Crippen LogP contribution < -0.4 is 9.47 Å². The van der Waals surface area contributed by atoms with E-state index in [-0.39, 0.29) is 18.4 Å². The van der Waals surface area contributed by atoms with Crippen LogP contribution in [0.1, 0.15) is 32.7 Å². The van der Waals surface area contributed by atoms with Gasteiger partial charge in [-0.05, 0) is 72.0 Å². The van der Waals surface area contributed by atoms with Gasteiger partial charge in [0.2, 0.25) is 5.91 Å². The van der Waals surface area contributed by atoms with Crippen LogP contribution in [-0.4, -0.2) is 35.9 Å². The predicted molar refractivity (Wildman–Crippen MR) is 141 cm³/mol. The second kappa shape index (κ2) is 10.3.